The second-order valence-corrected chi connectivity index (χ2v) is 7.59. The lowest BCUT2D eigenvalue weighted by Crippen LogP contribution is -2.53. The van der Waals surface area contributed by atoms with Crippen LogP contribution in [-0.2, 0) is 4.79 Å². The molecule has 2 aliphatic rings. The van der Waals surface area contributed by atoms with Gasteiger partial charge in [-0.25, -0.2) is 4.79 Å². The first kappa shape index (κ1) is 18.6. The number of carbonyl (C=O) groups is 1. The van der Waals surface area contributed by atoms with Gasteiger partial charge in [-0.05, 0) is 31.2 Å². The smallest absolute Gasteiger partial charge is 0.417 e. The van der Waals surface area contributed by atoms with Crippen LogP contribution < -0.4 is 25.4 Å². The summed E-state index contributed by atoms with van der Waals surface area (Å²) in [7, 11) is 0. The molecule has 30 heavy (non-hydrogen) atoms. The lowest BCUT2D eigenvalue weighted by atomic mass is 10.1. The minimum atomic E-state index is -0.511. The molecule has 1 aromatic heterocycles. The number of amides is 1. The highest BCUT2D eigenvalue weighted by Gasteiger charge is 2.26. The van der Waals surface area contributed by atoms with E-state index in [2.05, 4.69) is 27.0 Å². The van der Waals surface area contributed by atoms with Crippen LogP contribution in [0.25, 0.3) is 11.1 Å². The summed E-state index contributed by atoms with van der Waals surface area (Å²) < 4.78 is 15.9. The Balaban J connectivity index is 1.19. The molecule has 9 heteroatoms. The van der Waals surface area contributed by atoms with Gasteiger partial charge in [-0.1, -0.05) is 0 Å². The maximum atomic E-state index is 12.5. The number of H-pyrrole nitrogens is 1. The highest BCUT2D eigenvalue weighted by atomic mass is 16.7. The van der Waals surface area contributed by atoms with Crippen LogP contribution >= 0.6 is 0 Å². The summed E-state index contributed by atoms with van der Waals surface area (Å²) in [5.74, 6) is 0.939. The lowest BCUT2D eigenvalue weighted by molar-refractivity contribution is -0.117. The van der Waals surface area contributed by atoms with E-state index < -0.39 is 5.76 Å². The largest absolute Gasteiger partial charge is 0.454 e. The molecule has 2 aromatic carbocycles. The molecule has 0 aliphatic carbocycles. The Labute approximate surface area is 172 Å². The number of aromatic amines is 1. The molecule has 1 saturated heterocycles. The van der Waals surface area contributed by atoms with Gasteiger partial charge in [-0.2, -0.15) is 0 Å². The molecule has 0 unspecified atom stereocenters. The maximum Gasteiger partial charge on any atom is 0.417 e. The van der Waals surface area contributed by atoms with Crippen molar-refractivity contribution in [1.29, 1.82) is 0 Å². The highest BCUT2D eigenvalue weighted by Crippen LogP contribution is 2.36. The van der Waals surface area contributed by atoms with Crippen LogP contribution in [0.2, 0.25) is 0 Å². The van der Waals surface area contributed by atoms with E-state index in [4.69, 9.17) is 13.9 Å². The van der Waals surface area contributed by atoms with Crippen LogP contribution in [0, 0.1) is 0 Å². The van der Waals surface area contributed by atoms with Crippen molar-refractivity contribution in [2.45, 2.75) is 13.0 Å². The lowest BCUT2D eigenvalue weighted by Gasteiger charge is -2.41. The normalized spacial score (nSPS) is 18.7. The van der Waals surface area contributed by atoms with E-state index in [1.165, 1.54) is 0 Å². The van der Waals surface area contributed by atoms with E-state index in [-0.39, 0.29) is 18.7 Å². The van der Waals surface area contributed by atoms with Crippen molar-refractivity contribution < 1.29 is 18.7 Å². The number of hydrogen-bond acceptors (Lipinski definition) is 7. The summed E-state index contributed by atoms with van der Waals surface area (Å²) in [6.07, 6.45) is 0. The summed E-state index contributed by atoms with van der Waals surface area (Å²) in [5.41, 5.74) is 2.72. The Hall–Kier alpha value is -3.46. The zero-order valence-electron chi connectivity index (χ0n) is 16.5. The molecule has 1 amide bonds. The third-order valence-electron chi connectivity index (χ3n) is 5.47. The van der Waals surface area contributed by atoms with Crippen molar-refractivity contribution in [2.75, 3.05) is 43.2 Å². The van der Waals surface area contributed by atoms with Gasteiger partial charge in [-0.15, -0.1) is 0 Å². The number of benzene rings is 2. The number of fused-ring (bicyclic) bond motifs is 2. The van der Waals surface area contributed by atoms with Gasteiger partial charge in [-0.3, -0.25) is 14.7 Å². The summed E-state index contributed by atoms with van der Waals surface area (Å²) >= 11 is 0. The fourth-order valence-corrected chi connectivity index (χ4v) is 4.05. The Morgan fingerprint density at radius 3 is 2.90 bits per heavy atom. The van der Waals surface area contributed by atoms with E-state index in [9.17, 15) is 9.59 Å². The van der Waals surface area contributed by atoms with E-state index in [0.717, 1.165) is 36.8 Å². The first-order valence-electron chi connectivity index (χ1n) is 9.86. The summed E-state index contributed by atoms with van der Waals surface area (Å²) in [6, 6.07) is 11.3. The predicted octanol–water partition coefficient (Wildman–Crippen LogP) is 2.00. The Kier molecular flexibility index (Phi) is 4.59. The molecule has 156 valence electrons. The monoisotopic (exact) mass is 410 g/mol. The average molecular weight is 410 g/mol. The zero-order valence-corrected chi connectivity index (χ0v) is 16.5. The standard InChI is InChI=1S/C21H22N4O5/c1-13-10-24(6-7-25(13)15-3-5-17-19(9-15)29-12-28-17)11-20(26)22-14-2-4-16-18(8-14)30-21(27)23-16/h2-5,8-9,13H,6-7,10-12H2,1H3,(H,22,26)(H,23,27)/t13-/m1/s1. The average Bonchev–Trinajstić information content (AvgIpc) is 3.32. The minimum Gasteiger partial charge on any atom is -0.454 e. The summed E-state index contributed by atoms with van der Waals surface area (Å²) in [4.78, 5) is 30.8. The predicted molar refractivity (Wildman–Crippen MR) is 111 cm³/mol. The second-order valence-electron chi connectivity index (χ2n) is 7.59. The molecule has 9 nitrogen and oxygen atoms in total. The van der Waals surface area contributed by atoms with Crippen LogP contribution in [-0.4, -0.2) is 54.8 Å². The van der Waals surface area contributed by atoms with Gasteiger partial charge in [0, 0.05) is 49.2 Å². The number of aromatic nitrogens is 1. The Bertz CT molecular complexity index is 1150. The van der Waals surface area contributed by atoms with Crippen LogP contribution in [0.4, 0.5) is 11.4 Å². The quantitative estimate of drug-likeness (QED) is 0.679. The minimum absolute atomic E-state index is 0.101. The van der Waals surface area contributed by atoms with Crippen molar-refractivity contribution >= 4 is 28.4 Å². The van der Waals surface area contributed by atoms with Crippen molar-refractivity contribution in [3.63, 3.8) is 0 Å². The van der Waals surface area contributed by atoms with Crippen molar-refractivity contribution in [3.05, 3.63) is 46.9 Å². The molecule has 1 atom stereocenters. The maximum absolute atomic E-state index is 12.5. The molecule has 5 rings (SSSR count). The van der Waals surface area contributed by atoms with Crippen molar-refractivity contribution in [1.82, 2.24) is 9.88 Å². The third-order valence-corrected chi connectivity index (χ3v) is 5.47. The van der Waals surface area contributed by atoms with Gasteiger partial charge >= 0.3 is 5.76 Å². The van der Waals surface area contributed by atoms with Gasteiger partial charge < -0.3 is 24.1 Å². The van der Waals surface area contributed by atoms with Gasteiger partial charge in [0.1, 0.15) is 0 Å². The number of nitrogens with zero attached hydrogens (tertiary/aromatic N) is 2. The molecule has 3 heterocycles. The van der Waals surface area contributed by atoms with Crippen molar-refractivity contribution in [2.24, 2.45) is 0 Å². The number of nitrogens with one attached hydrogen (secondary N) is 2. The number of hydrogen-bond donors (Lipinski definition) is 2. The molecule has 1 fully saturated rings. The topological polar surface area (TPSA) is 100 Å². The fraction of sp³-hybridized carbons (Fsp3) is 0.333. The second kappa shape index (κ2) is 7.42. The Morgan fingerprint density at radius 1 is 1.17 bits per heavy atom. The van der Waals surface area contributed by atoms with Crippen LogP contribution in [0.3, 0.4) is 0 Å². The number of anilines is 2. The number of piperazine rings is 1. The molecule has 2 aliphatic heterocycles. The van der Waals surface area contributed by atoms with E-state index >= 15 is 0 Å². The van der Waals surface area contributed by atoms with E-state index in [1.807, 2.05) is 18.2 Å². The number of oxazole rings is 1. The highest BCUT2D eigenvalue weighted by molar-refractivity contribution is 5.94. The summed E-state index contributed by atoms with van der Waals surface area (Å²) in [6.45, 7) is 5.07. The molecule has 3 aromatic rings. The van der Waals surface area contributed by atoms with Gasteiger partial charge in [0.15, 0.2) is 17.1 Å². The van der Waals surface area contributed by atoms with Gasteiger partial charge in [0.05, 0.1) is 12.1 Å². The number of carbonyl (C=O) groups excluding carboxylic acids is 1. The van der Waals surface area contributed by atoms with E-state index in [1.54, 1.807) is 18.2 Å². The molecule has 0 radical (unpaired) electrons. The molecule has 2 N–H and O–H groups in total. The summed E-state index contributed by atoms with van der Waals surface area (Å²) in [5, 5.41) is 2.88. The Morgan fingerprint density at radius 2 is 2.03 bits per heavy atom. The molecule has 0 saturated carbocycles. The van der Waals surface area contributed by atoms with Crippen LogP contribution in [0.1, 0.15) is 6.92 Å². The molecular formula is C21H22N4O5. The third kappa shape index (κ3) is 3.59. The first-order valence-corrected chi connectivity index (χ1v) is 9.86. The van der Waals surface area contributed by atoms with Gasteiger partial charge in [0.25, 0.3) is 0 Å². The fourth-order valence-electron chi connectivity index (χ4n) is 4.05. The molecule has 0 spiro atoms. The molecule has 0 bridgehead atoms. The first-order chi connectivity index (χ1) is 14.5. The SMILES string of the molecule is C[C@@H]1CN(CC(=O)Nc2ccc3[nH]c(=O)oc3c2)CCN1c1ccc2c(c1)OCO2. The van der Waals surface area contributed by atoms with Gasteiger partial charge in [0.2, 0.25) is 12.7 Å². The van der Waals surface area contributed by atoms with E-state index in [0.29, 0.717) is 23.3 Å². The number of ether oxygens (including phenoxy) is 2. The van der Waals surface area contributed by atoms with Crippen LogP contribution in [0.15, 0.2) is 45.6 Å². The van der Waals surface area contributed by atoms with Crippen LogP contribution in [0.5, 0.6) is 11.5 Å². The number of rotatable bonds is 4. The zero-order chi connectivity index (χ0) is 20.7. The molecular weight excluding hydrogens is 388 g/mol. The van der Waals surface area contributed by atoms with Crippen molar-refractivity contribution in [3.8, 4) is 11.5 Å².